The molecule has 19 heavy (non-hydrogen) atoms. The van der Waals surface area contributed by atoms with Gasteiger partial charge in [0, 0.05) is 27.1 Å². The molecule has 0 saturated heterocycles. The molecule has 1 nitrogen and oxygen atoms in total. The molecule has 4 heteroatoms. The highest BCUT2D eigenvalue weighted by molar-refractivity contribution is 9.10. The average molecular weight is 359 g/mol. The zero-order valence-corrected chi connectivity index (χ0v) is 13.6. The van der Waals surface area contributed by atoms with Gasteiger partial charge in [0.25, 0.3) is 0 Å². The van der Waals surface area contributed by atoms with Gasteiger partial charge >= 0.3 is 0 Å². The second kappa shape index (κ2) is 6.76. The number of hydrogen-bond donors (Lipinski definition) is 1. The molecule has 0 radical (unpaired) electrons. The lowest BCUT2D eigenvalue weighted by atomic mass is 10.1. The van der Waals surface area contributed by atoms with Gasteiger partial charge in [-0.1, -0.05) is 51.3 Å². The number of nitrogens with one attached hydrogen (secondary N) is 1. The van der Waals surface area contributed by atoms with Crippen LogP contribution in [0.1, 0.15) is 24.1 Å². The van der Waals surface area contributed by atoms with Crippen LogP contribution < -0.4 is 5.32 Å². The SMILES string of the molecule is C[C@@H](NCc1cc(Br)ccc1Cl)c1cccc(Cl)c1. The fourth-order valence-corrected chi connectivity index (χ4v) is 2.63. The molecule has 0 aliphatic rings. The first-order chi connectivity index (χ1) is 9.06. The quantitative estimate of drug-likeness (QED) is 0.749. The van der Waals surface area contributed by atoms with Gasteiger partial charge in [-0.25, -0.2) is 0 Å². The van der Waals surface area contributed by atoms with Crippen molar-refractivity contribution in [2.45, 2.75) is 19.5 Å². The Morgan fingerprint density at radius 1 is 1.16 bits per heavy atom. The maximum Gasteiger partial charge on any atom is 0.0451 e. The topological polar surface area (TPSA) is 12.0 Å². The van der Waals surface area contributed by atoms with Crippen LogP contribution in [-0.2, 0) is 6.54 Å². The van der Waals surface area contributed by atoms with Crippen molar-refractivity contribution in [1.29, 1.82) is 0 Å². The molecule has 0 amide bonds. The average Bonchev–Trinajstić information content (AvgIpc) is 2.39. The molecular formula is C15H14BrCl2N. The summed E-state index contributed by atoms with van der Waals surface area (Å²) in [5.41, 5.74) is 2.24. The number of halogens is 3. The third-order valence-electron chi connectivity index (χ3n) is 2.96. The third-order valence-corrected chi connectivity index (χ3v) is 4.05. The maximum absolute atomic E-state index is 6.17. The van der Waals surface area contributed by atoms with Crippen LogP contribution in [-0.4, -0.2) is 0 Å². The number of hydrogen-bond acceptors (Lipinski definition) is 1. The molecule has 2 aromatic carbocycles. The minimum absolute atomic E-state index is 0.216. The lowest BCUT2D eigenvalue weighted by molar-refractivity contribution is 0.575. The van der Waals surface area contributed by atoms with E-state index in [2.05, 4.69) is 34.2 Å². The molecule has 0 heterocycles. The fraction of sp³-hybridized carbons (Fsp3) is 0.200. The molecule has 0 bridgehead atoms. The smallest absolute Gasteiger partial charge is 0.0451 e. The fourth-order valence-electron chi connectivity index (χ4n) is 1.84. The Kier molecular flexibility index (Phi) is 5.28. The van der Waals surface area contributed by atoms with Crippen molar-refractivity contribution >= 4 is 39.1 Å². The first kappa shape index (κ1) is 14.9. The lowest BCUT2D eigenvalue weighted by Gasteiger charge is -2.15. The summed E-state index contributed by atoms with van der Waals surface area (Å²) >= 11 is 15.6. The van der Waals surface area contributed by atoms with Crippen molar-refractivity contribution < 1.29 is 0 Å². The van der Waals surface area contributed by atoms with E-state index in [1.165, 1.54) is 5.56 Å². The highest BCUT2D eigenvalue weighted by Crippen LogP contribution is 2.22. The molecule has 2 aromatic rings. The Morgan fingerprint density at radius 2 is 1.95 bits per heavy atom. The van der Waals surface area contributed by atoms with Crippen molar-refractivity contribution in [3.05, 3.63) is 68.1 Å². The summed E-state index contributed by atoms with van der Waals surface area (Å²) in [5.74, 6) is 0. The Labute approximate surface area is 132 Å². The summed E-state index contributed by atoms with van der Waals surface area (Å²) in [7, 11) is 0. The second-order valence-electron chi connectivity index (χ2n) is 4.39. The van der Waals surface area contributed by atoms with Crippen LogP contribution in [0.25, 0.3) is 0 Å². The molecule has 1 N–H and O–H groups in total. The van der Waals surface area contributed by atoms with Gasteiger partial charge in [-0.05, 0) is 48.4 Å². The molecule has 1 atom stereocenters. The van der Waals surface area contributed by atoms with Crippen molar-refractivity contribution in [1.82, 2.24) is 5.32 Å². The largest absolute Gasteiger partial charge is 0.306 e. The summed E-state index contributed by atoms with van der Waals surface area (Å²) in [6.07, 6.45) is 0. The zero-order valence-electron chi connectivity index (χ0n) is 10.5. The predicted molar refractivity (Wildman–Crippen MR) is 85.9 cm³/mol. The van der Waals surface area contributed by atoms with Gasteiger partial charge in [-0.3, -0.25) is 0 Å². The molecule has 0 aromatic heterocycles. The van der Waals surface area contributed by atoms with Crippen LogP contribution in [0, 0.1) is 0 Å². The normalized spacial score (nSPS) is 12.4. The molecule has 0 aliphatic carbocycles. The van der Waals surface area contributed by atoms with Crippen LogP contribution in [0.5, 0.6) is 0 Å². The molecule has 0 saturated carbocycles. The Balaban J connectivity index is 2.04. The van der Waals surface area contributed by atoms with Gasteiger partial charge in [0.2, 0.25) is 0 Å². The van der Waals surface area contributed by atoms with Crippen molar-refractivity contribution in [2.75, 3.05) is 0 Å². The van der Waals surface area contributed by atoms with E-state index >= 15 is 0 Å². The van der Waals surface area contributed by atoms with Crippen LogP contribution in [0.15, 0.2) is 46.9 Å². The lowest BCUT2D eigenvalue weighted by Crippen LogP contribution is -2.18. The Morgan fingerprint density at radius 3 is 2.68 bits per heavy atom. The van der Waals surface area contributed by atoms with Gasteiger partial charge in [0.05, 0.1) is 0 Å². The first-order valence-corrected chi connectivity index (χ1v) is 7.54. The van der Waals surface area contributed by atoms with E-state index in [9.17, 15) is 0 Å². The zero-order chi connectivity index (χ0) is 13.8. The minimum Gasteiger partial charge on any atom is -0.306 e. The summed E-state index contributed by atoms with van der Waals surface area (Å²) < 4.78 is 1.03. The molecule has 0 aliphatic heterocycles. The Hall–Kier alpha value is -0.540. The highest BCUT2D eigenvalue weighted by Gasteiger charge is 2.07. The highest BCUT2D eigenvalue weighted by atomic mass is 79.9. The Bertz CT molecular complexity index is 572. The molecule has 0 fully saturated rings. The number of rotatable bonds is 4. The monoisotopic (exact) mass is 357 g/mol. The summed E-state index contributed by atoms with van der Waals surface area (Å²) in [5, 5.41) is 4.97. The summed E-state index contributed by atoms with van der Waals surface area (Å²) in [4.78, 5) is 0. The molecular weight excluding hydrogens is 345 g/mol. The van der Waals surface area contributed by atoms with Gasteiger partial charge in [-0.2, -0.15) is 0 Å². The molecule has 0 unspecified atom stereocenters. The molecule has 0 spiro atoms. The van der Waals surface area contributed by atoms with Crippen molar-refractivity contribution in [2.24, 2.45) is 0 Å². The summed E-state index contributed by atoms with van der Waals surface area (Å²) in [6.45, 7) is 2.82. The molecule has 100 valence electrons. The van der Waals surface area contributed by atoms with E-state index < -0.39 is 0 Å². The maximum atomic E-state index is 6.17. The van der Waals surface area contributed by atoms with Crippen molar-refractivity contribution in [3.63, 3.8) is 0 Å². The van der Waals surface area contributed by atoms with E-state index in [0.717, 1.165) is 20.1 Å². The second-order valence-corrected chi connectivity index (χ2v) is 6.15. The van der Waals surface area contributed by atoms with E-state index in [1.807, 2.05) is 36.4 Å². The van der Waals surface area contributed by atoms with Crippen LogP contribution >= 0.6 is 39.1 Å². The van der Waals surface area contributed by atoms with Crippen LogP contribution in [0.3, 0.4) is 0 Å². The predicted octanol–water partition coefficient (Wildman–Crippen LogP) is 5.61. The minimum atomic E-state index is 0.216. The molecule has 2 rings (SSSR count). The van der Waals surface area contributed by atoms with Crippen LogP contribution in [0.4, 0.5) is 0 Å². The van der Waals surface area contributed by atoms with Gasteiger partial charge in [0.15, 0.2) is 0 Å². The first-order valence-electron chi connectivity index (χ1n) is 5.99. The van der Waals surface area contributed by atoms with Crippen molar-refractivity contribution in [3.8, 4) is 0 Å². The van der Waals surface area contributed by atoms with E-state index in [0.29, 0.717) is 6.54 Å². The van der Waals surface area contributed by atoms with E-state index in [4.69, 9.17) is 23.2 Å². The third kappa shape index (κ3) is 4.22. The van der Waals surface area contributed by atoms with Crippen LogP contribution in [0.2, 0.25) is 10.0 Å². The van der Waals surface area contributed by atoms with E-state index in [-0.39, 0.29) is 6.04 Å². The number of benzene rings is 2. The standard InChI is InChI=1S/C15H14BrCl2N/c1-10(11-3-2-4-14(17)8-11)19-9-12-7-13(16)5-6-15(12)18/h2-8,10,19H,9H2,1H3/t10-/m1/s1. The van der Waals surface area contributed by atoms with Gasteiger partial charge in [0.1, 0.15) is 0 Å². The van der Waals surface area contributed by atoms with Gasteiger partial charge < -0.3 is 5.32 Å². The summed E-state index contributed by atoms with van der Waals surface area (Å²) in [6, 6.07) is 14.0. The van der Waals surface area contributed by atoms with E-state index in [1.54, 1.807) is 0 Å². The van der Waals surface area contributed by atoms with Gasteiger partial charge in [-0.15, -0.1) is 0 Å².